The summed E-state index contributed by atoms with van der Waals surface area (Å²) in [5.41, 5.74) is 0.902. The van der Waals surface area contributed by atoms with Crippen LogP contribution in [0.1, 0.15) is 5.56 Å². The van der Waals surface area contributed by atoms with Crippen LogP contribution >= 0.6 is 0 Å². The van der Waals surface area contributed by atoms with E-state index >= 15 is 0 Å². The third-order valence-corrected chi connectivity index (χ3v) is 4.62. The van der Waals surface area contributed by atoms with E-state index in [-0.39, 0.29) is 23.6 Å². The van der Waals surface area contributed by atoms with Gasteiger partial charge < -0.3 is 4.74 Å². The fraction of sp³-hybridized carbons (Fsp3) is 0.0417. The Bertz CT molecular complexity index is 1440. The SMILES string of the molecule is C#CCOc1c(C=Nn2c(-c3ccccc3)nc3ccccc3c2=O)cccc1[N+](=O)[O-]. The van der Waals surface area contributed by atoms with Gasteiger partial charge in [0, 0.05) is 17.2 Å². The smallest absolute Gasteiger partial charge is 0.311 e. The normalized spacial score (nSPS) is 10.8. The molecule has 4 rings (SSSR count). The first kappa shape index (κ1) is 20.5. The van der Waals surface area contributed by atoms with Crippen LogP contribution < -0.4 is 10.3 Å². The van der Waals surface area contributed by atoms with Gasteiger partial charge in [-0.15, -0.1) is 6.42 Å². The number of rotatable bonds is 6. The largest absolute Gasteiger partial charge is 0.473 e. The number of nitro benzene ring substituents is 1. The molecule has 1 heterocycles. The summed E-state index contributed by atoms with van der Waals surface area (Å²) < 4.78 is 6.58. The molecule has 0 atom stereocenters. The number of para-hydroxylation sites is 2. The number of nitrogens with zero attached hydrogens (tertiary/aromatic N) is 4. The molecule has 4 aromatic rings. The van der Waals surface area contributed by atoms with Crippen molar-refractivity contribution in [3.8, 4) is 29.5 Å². The van der Waals surface area contributed by atoms with Crippen LogP contribution in [-0.4, -0.2) is 27.4 Å². The summed E-state index contributed by atoms with van der Waals surface area (Å²) in [6, 6.07) is 20.5. The van der Waals surface area contributed by atoms with Crippen molar-refractivity contribution in [2.24, 2.45) is 5.10 Å². The first-order valence-corrected chi connectivity index (χ1v) is 9.55. The molecular formula is C24H16N4O4. The minimum Gasteiger partial charge on any atom is -0.473 e. The summed E-state index contributed by atoms with van der Waals surface area (Å²) in [7, 11) is 0. The lowest BCUT2D eigenvalue weighted by atomic mass is 10.2. The van der Waals surface area contributed by atoms with E-state index < -0.39 is 4.92 Å². The summed E-state index contributed by atoms with van der Waals surface area (Å²) in [4.78, 5) is 28.7. The van der Waals surface area contributed by atoms with Crippen LogP contribution in [0.2, 0.25) is 0 Å². The Labute approximate surface area is 182 Å². The lowest BCUT2D eigenvalue weighted by Crippen LogP contribution is -2.20. The standard InChI is InChI=1S/C24H16N4O4/c1-2-15-32-22-18(11-8-14-21(22)28(30)31)16-25-27-23(17-9-4-3-5-10-17)26-20-13-7-6-12-19(20)24(27)29/h1,3-14,16H,15H2. The molecular weight excluding hydrogens is 408 g/mol. The highest BCUT2D eigenvalue weighted by atomic mass is 16.6. The molecule has 156 valence electrons. The van der Waals surface area contributed by atoms with E-state index in [9.17, 15) is 14.9 Å². The van der Waals surface area contributed by atoms with Gasteiger partial charge in [-0.05, 0) is 18.2 Å². The van der Waals surface area contributed by atoms with Crippen molar-refractivity contribution in [1.29, 1.82) is 0 Å². The number of ether oxygens (including phenoxy) is 1. The molecule has 0 spiro atoms. The number of fused-ring (bicyclic) bond motifs is 1. The highest BCUT2D eigenvalue weighted by Gasteiger charge is 2.18. The first-order valence-electron chi connectivity index (χ1n) is 9.55. The number of aromatic nitrogens is 2. The van der Waals surface area contributed by atoms with Gasteiger partial charge in [0.25, 0.3) is 5.56 Å². The first-order chi connectivity index (χ1) is 15.6. The number of nitro groups is 1. The molecule has 8 nitrogen and oxygen atoms in total. The van der Waals surface area contributed by atoms with E-state index in [0.717, 1.165) is 0 Å². The highest BCUT2D eigenvalue weighted by molar-refractivity contribution is 5.86. The van der Waals surface area contributed by atoms with Gasteiger partial charge in [0.2, 0.25) is 5.75 Å². The second kappa shape index (κ2) is 8.93. The van der Waals surface area contributed by atoms with Crippen molar-refractivity contribution in [3.63, 3.8) is 0 Å². The van der Waals surface area contributed by atoms with Gasteiger partial charge in [0.05, 0.1) is 22.0 Å². The average molecular weight is 424 g/mol. The summed E-state index contributed by atoms with van der Waals surface area (Å²) in [5, 5.41) is 16.1. The molecule has 3 aromatic carbocycles. The molecule has 0 aliphatic carbocycles. The van der Waals surface area contributed by atoms with E-state index in [4.69, 9.17) is 11.2 Å². The van der Waals surface area contributed by atoms with Gasteiger partial charge in [-0.25, -0.2) is 4.98 Å². The van der Waals surface area contributed by atoms with E-state index in [1.54, 1.807) is 30.3 Å². The van der Waals surface area contributed by atoms with Gasteiger partial charge in [-0.1, -0.05) is 54.5 Å². The van der Waals surface area contributed by atoms with E-state index in [1.165, 1.54) is 23.0 Å². The zero-order chi connectivity index (χ0) is 22.5. The van der Waals surface area contributed by atoms with Gasteiger partial charge in [0.1, 0.15) is 6.61 Å². The van der Waals surface area contributed by atoms with E-state index in [0.29, 0.717) is 27.9 Å². The Morgan fingerprint density at radius 2 is 1.84 bits per heavy atom. The molecule has 0 aliphatic rings. The highest BCUT2D eigenvalue weighted by Crippen LogP contribution is 2.30. The van der Waals surface area contributed by atoms with Crippen LogP contribution in [0.15, 0.2) is 82.7 Å². The monoisotopic (exact) mass is 424 g/mol. The lowest BCUT2D eigenvalue weighted by molar-refractivity contribution is -0.385. The van der Waals surface area contributed by atoms with E-state index in [2.05, 4.69) is 16.0 Å². The quantitative estimate of drug-likeness (QED) is 0.202. The maximum Gasteiger partial charge on any atom is 0.311 e. The van der Waals surface area contributed by atoms with Crippen LogP contribution in [0, 0.1) is 22.5 Å². The van der Waals surface area contributed by atoms with Crippen LogP contribution in [0.25, 0.3) is 22.3 Å². The molecule has 0 N–H and O–H groups in total. The fourth-order valence-corrected chi connectivity index (χ4v) is 3.18. The minimum absolute atomic E-state index is 0.0257. The van der Waals surface area contributed by atoms with Crippen molar-refractivity contribution < 1.29 is 9.66 Å². The minimum atomic E-state index is -0.567. The zero-order valence-electron chi connectivity index (χ0n) is 16.7. The van der Waals surface area contributed by atoms with Gasteiger partial charge >= 0.3 is 5.69 Å². The summed E-state index contributed by atoms with van der Waals surface area (Å²) in [6.45, 7) is -0.154. The Kier molecular flexibility index (Phi) is 5.72. The Hall–Kier alpha value is -4.77. The van der Waals surface area contributed by atoms with Crippen molar-refractivity contribution in [3.05, 3.63) is 98.8 Å². The van der Waals surface area contributed by atoms with Crippen molar-refractivity contribution in [2.75, 3.05) is 6.61 Å². The Morgan fingerprint density at radius 3 is 2.59 bits per heavy atom. The number of hydrogen-bond acceptors (Lipinski definition) is 6. The number of hydrogen-bond donors (Lipinski definition) is 0. The van der Waals surface area contributed by atoms with Crippen LogP contribution in [0.5, 0.6) is 5.75 Å². The van der Waals surface area contributed by atoms with Crippen molar-refractivity contribution in [2.45, 2.75) is 0 Å². The van der Waals surface area contributed by atoms with Gasteiger partial charge in [-0.3, -0.25) is 14.9 Å². The van der Waals surface area contributed by atoms with Crippen LogP contribution in [0.4, 0.5) is 5.69 Å². The van der Waals surface area contributed by atoms with Gasteiger partial charge in [0.15, 0.2) is 5.82 Å². The molecule has 0 saturated carbocycles. The lowest BCUT2D eigenvalue weighted by Gasteiger charge is -2.10. The maximum absolute atomic E-state index is 13.2. The molecule has 0 aliphatic heterocycles. The predicted molar refractivity (Wildman–Crippen MR) is 122 cm³/mol. The van der Waals surface area contributed by atoms with Crippen molar-refractivity contribution >= 4 is 22.8 Å². The fourth-order valence-electron chi connectivity index (χ4n) is 3.18. The number of terminal acetylenes is 1. The third-order valence-electron chi connectivity index (χ3n) is 4.62. The second-order valence-electron chi connectivity index (χ2n) is 6.63. The summed E-state index contributed by atoms with van der Waals surface area (Å²) in [6.07, 6.45) is 6.56. The average Bonchev–Trinajstić information content (AvgIpc) is 2.82. The summed E-state index contributed by atoms with van der Waals surface area (Å²) >= 11 is 0. The maximum atomic E-state index is 13.2. The molecule has 8 heteroatoms. The van der Waals surface area contributed by atoms with Gasteiger partial charge in [-0.2, -0.15) is 9.78 Å². The molecule has 32 heavy (non-hydrogen) atoms. The van der Waals surface area contributed by atoms with E-state index in [1.807, 2.05) is 30.3 Å². The topological polar surface area (TPSA) is 99.6 Å². The zero-order valence-corrected chi connectivity index (χ0v) is 16.7. The molecule has 0 unspecified atom stereocenters. The Morgan fingerprint density at radius 1 is 1.09 bits per heavy atom. The molecule has 0 amide bonds. The third kappa shape index (κ3) is 3.95. The molecule has 0 radical (unpaired) electrons. The molecule has 0 saturated heterocycles. The molecule has 1 aromatic heterocycles. The second-order valence-corrected chi connectivity index (χ2v) is 6.63. The molecule has 0 fully saturated rings. The predicted octanol–water partition coefficient (Wildman–Crippen LogP) is 3.87. The summed E-state index contributed by atoms with van der Waals surface area (Å²) in [5.74, 6) is 2.60. The Balaban J connectivity index is 1.91. The van der Waals surface area contributed by atoms with Crippen LogP contribution in [0.3, 0.4) is 0 Å². The van der Waals surface area contributed by atoms with Crippen molar-refractivity contribution in [1.82, 2.24) is 9.66 Å². The number of benzene rings is 3. The molecule has 0 bridgehead atoms. The van der Waals surface area contributed by atoms with Crippen LogP contribution in [-0.2, 0) is 0 Å².